The Hall–Kier alpha value is -3.03. The molecule has 2 atom stereocenters. The van der Waals surface area contributed by atoms with E-state index in [2.05, 4.69) is 58.5 Å². The van der Waals surface area contributed by atoms with Gasteiger partial charge in [-0.25, -0.2) is 9.59 Å². The van der Waals surface area contributed by atoms with Gasteiger partial charge in [0.1, 0.15) is 0 Å². The number of benzene rings is 2. The Balaban J connectivity index is 1.58. The number of hydrogen-bond acceptors (Lipinski definition) is 5. The van der Waals surface area contributed by atoms with E-state index in [1.165, 1.54) is 11.3 Å². The molecule has 2 aromatic rings. The van der Waals surface area contributed by atoms with Crippen LogP contribution in [0.5, 0.6) is 0 Å². The number of carbonyl (C=O) groups is 2. The maximum Gasteiger partial charge on any atom is 0.338 e. The van der Waals surface area contributed by atoms with Gasteiger partial charge in [0, 0.05) is 48.6 Å². The van der Waals surface area contributed by atoms with Crippen LogP contribution in [0, 0.1) is 6.92 Å². The number of amides is 2. The van der Waals surface area contributed by atoms with Gasteiger partial charge in [0.15, 0.2) is 0 Å². The lowest BCUT2D eigenvalue weighted by Gasteiger charge is -2.42. The molecule has 4 rings (SSSR count). The first-order chi connectivity index (χ1) is 16.4. The van der Waals surface area contributed by atoms with E-state index >= 15 is 0 Å². The van der Waals surface area contributed by atoms with Gasteiger partial charge >= 0.3 is 12.0 Å². The molecule has 0 spiro atoms. The fourth-order valence-corrected chi connectivity index (χ4v) is 4.81. The lowest BCUT2D eigenvalue weighted by atomic mass is 9.95. The van der Waals surface area contributed by atoms with Crippen molar-refractivity contribution in [2.24, 2.45) is 0 Å². The number of nitrogens with one attached hydrogen (secondary N) is 2. The Morgan fingerprint density at radius 2 is 1.94 bits per heavy atom. The monoisotopic (exact) mass is 482 g/mol. The quantitative estimate of drug-likeness (QED) is 0.608. The van der Waals surface area contributed by atoms with Crippen molar-refractivity contribution in [3.8, 4) is 0 Å². The molecule has 2 aliphatic rings. The lowest BCUT2D eigenvalue weighted by molar-refractivity contribution is -0.139. The minimum Gasteiger partial charge on any atom is -0.463 e. The summed E-state index contributed by atoms with van der Waals surface area (Å²) in [5.74, 6) is -0.434. The molecule has 2 unspecified atom stereocenters. The highest BCUT2D eigenvalue weighted by Crippen LogP contribution is 2.30. The van der Waals surface area contributed by atoms with Crippen molar-refractivity contribution < 1.29 is 14.3 Å². The number of anilines is 1. The van der Waals surface area contributed by atoms with Gasteiger partial charge in [0.25, 0.3) is 0 Å². The van der Waals surface area contributed by atoms with E-state index in [0.717, 1.165) is 25.2 Å². The second-order valence-corrected chi connectivity index (χ2v) is 9.25. The molecule has 2 aliphatic heterocycles. The first kappa shape index (κ1) is 24.1. The molecule has 8 heteroatoms. The molecular formula is C26H31ClN4O3. The first-order valence-corrected chi connectivity index (χ1v) is 12.0. The Bertz CT molecular complexity index is 1090. The highest BCUT2D eigenvalue weighted by atomic mass is 35.5. The van der Waals surface area contributed by atoms with Gasteiger partial charge in [-0.2, -0.15) is 0 Å². The molecular weight excluding hydrogens is 452 g/mol. The number of urea groups is 1. The zero-order valence-electron chi connectivity index (χ0n) is 19.8. The van der Waals surface area contributed by atoms with Crippen LogP contribution in [-0.2, 0) is 9.53 Å². The second-order valence-electron chi connectivity index (χ2n) is 8.81. The highest BCUT2D eigenvalue weighted by molar-refractivity contribution is 6.30. The summed E-state index contributed by atoms with van der Waals surface area (Å²) in [6.07, 6.45) is 0. The summed E-state index contributed by atoms with van der Waals surface area (Å²) in [5, 5.41) is 6.34. The standard InChI is InChI=1S/C26H31ClN4O3/c1-4-34-25(32)23-22(28-26(33)29-24(23)19-8-10-20(27)11-9-19)16-30-12-13-31(18(3)15-30)21-7-5-6-17(2)14-21/h5-11,14,18,24H,4,12-13,15-16H2,1-3H3,(H2,28,29,33). The average molecular weight is 483 g/mol. The third-order valence-electron chi connectivity index (χ3n) is 6.28. The summed E-state index contributed by atoms with van der Waals surface area (Å²) in [4.78, 5) is 30.3. The average Bonchev–Trinajstić information content (AvgIpc) is 2.79. The number of nitrogens with zero attached hydrogens (tertiary/aromatic N) is 2. The molecule has 1 saturated heterocycles. The van der Waals surface area contributed by atoms with Crippen molar-refractivity contribution in [1.29, 1.82) is 0 Å². The van der Waals surface area contributed by atoms with Gasteiger partial charge in [0.05, 0.1) is 18.2 Å². The van der Waals surface area contributed by atoms with E-state index in [0.29, 0.717) is 22.8 Å². The van der Waals surface area contributed by atoms with Crippen molar-refractivity contribution >= 4 is 29.3 Å². The Labute approximate surface area is 205 Å². The number of aryl methyl sites for hydroxylation is 1. The third-order valence-corrected chi connectivity index (χ3v) is 6.53. The van der Waals surface area contributed by atoms with E-state index < -0.39 is 12.0 Å². The molecule has 0 saturated carbocycles. The normalized spacial score (nSPS) is 21.2. The molecule has 1 fully saturated rings. The maximum atomic E-state index is 13.0. The minimum absolute atomic E-state index is 0.253. The number of ether oxygens (including phenoxy) is 1. The molecule has 34 heavy (non-hydrogen) atoms. The van der Waals surface area contributed by atoms with Crippen molar-refractivity contribution in [1.82, 2.24) is 15.5 Å². The summed E-state index contributed by atoms with van der Waals surface area (Å²) in [7, 11) is 0. The number of carbonyl (C=O) groups excluding carboxylic acids is 2. The van der Waals surface area contributed by atoms with Crippen LogP contribution in [0.15, 0.2) is 59.8 Å². The van der Waals surface area contributed by atoms with Crippen LogP contribution in [0.1, 0.15) is 31.0 Å². The SMILES string of the molecule is CCOC(=O)C1=C(CN2CCN(c3cccc(C)c3)C(C)C2)NC(=O)NC1c1ccc(Cl)cc1. The maximum absolute atomic E-state index is 13.0. The van der Waals surface area contributed by atoms with Crippen molar-refractivity contribution in [2.75, 3.05) is 37.7 Å². The minimum atomic E-state index is -0.605. The topological polar surface area (TPSA) is 73.9 Å². The number of hydrogen-bond donors (Lipinski definition) is 2. The van der Waals surface area contributed by atoms with Gasteiger partial charge in [-0.05, 0) is 56.2 Å². The lowest BCUT2D eigenvalue weighted by Crippen LogP contribution is -2.54. The Kier molecular flexibility index (Phi) is 7.44. The zero-order valence-corrected chi connectivity index (χ0v) is 20.6. The van der Waals surface area contributed by atoms with Gasteiger partial charge in [-0.1, -0.05) is 35.9 Å². The Morgan fingerprint density at radius 1 is 1.18 bits per heavy atom. The third kappa shape index (κ3) is 5.37. The highest BCUT2D eigenvalue weighted by Gasteiger charge is 2.35. The fourth-order valence-electron chi connectivity index (χ4n) is 4.69. The molecule has 0 bridgehead atoms. The molecule has 2 heterocycles. The first-order valence-electron chi connectivity index (χ1n) is 11.6. The van der Waals surface area contributed by atoms with Crippen LogP contribution in [0.3, 0.4) is 0 Å². The van der Waals surface area contributed by atoms with Gasteiger partial charge < -0.3 is 20.3 Å². The van der Waals surface area contributed by atoms with E-state index in [9.17, 15) is 9.59 Å². The zero-order chi connectivity index (χ0) is 24.2. The van der Waals surface area contributed by atoms with Crippen LogP contribution in [0.4, 0.5) is 10.5 Å². The predicted octanol–water partition coefficient (Wildman–Crippen LogP) is 4.03. The summed E-state index contributed by atoms with van der Waals surface area (Å²) < 4.78 is 5.38. The molecule has 2 N–H and O–H groups in total. The van der Waals surface area contributed by atoms with Crippen LogP contribution >= 0.6 is 11.6 Å². The van der Waals surface area contributed by atoms with E-state index in [1.807, 2.05) is 12.1 Å². The van der Waals surface area contributed by atoms with Gasteiger partial charge in [-0.3, -0.25) is 4.90 Å². The number of rotatable bonds is 6. The van der Waals surface area contributed by atoms with Crippen molar-refractivity contribution in [3.05, 3.63) is 76.0 Å². The van der Waals surface area contributed by atoms with Crippen molar-refractivity contribution in [3.63, 3.8) is 0 Å². The summed E-state index contributed by atoms with van der Waals surface area (Å²) in [5.41, 5.74) is 4.24. The van der Waals surface area contributed by atoms with E-state index in [-0.39, 0.29) is 18.7 Å². The summed E-state index contributed by atoms with van der Waals surface area (Å²) >= 11 is 6.05. The second kappa shape index (κ2) is 10.5. The van der Waals surface area contributed by atoms with Gasteiger partial charge in [0.2, 0.25) is 0 Å². The number of esters is 1. The van der Waals surface area contributed by atoms with Crippen molar-refractivity contribution in [2.45, 2.75) is 32.9 Å². The van der Waals surface area contributed by atoms with Crippen LogP contribution in [0.2, 0.25) is 5.02 Å². The van der Waals surface area contributed by atoms with E-state index in [4.69, 9.17) is 16.3 Å². The molecule has 180 valence electrons. The number of halogens is 1. The number of piperazine rings is 1. The largest absolute Gasteiger partial charge is 0.463 e. The van der Waals surface area contributed by atoms with Crippen LogP contribution in [-0.4, -0.2) is 55.7 Å². The van der Waals surface area contributed by atoms with Gasteiger partial charge in [-0.15, -0.1) is 0 Å². The van der Waals surface area contributed by atoms with Crippen LogP contribution < -0.4 is 15.5 Å². The fraction of sp³-hybridized carbons (Fsp3) is 0.385. The summed E-state index contributed by atoms with van der Waals surface area (Å²) in [6, 6.07) is 15.0. The molecule has 0 aliphatic carbocycles. The molecule has 2 amide bonds. The molecule has 2 aromatic carbocycles. The Morgan fingerprint density at radius 3 is 2.62 bits per heavy atom. The smallest absolute Gasteiger partial charge is 0.338 e. The summed E-state index contributed by atoms with van der Waals surface area (Å²) in [6.45, 7) is 9.27. The molecule has 0 radical (unpaired) electrons. The molecule has 7 nitrogen and oxygen atoms in total. The molecule has 0 aromatic heterocycles. The predicted molar refractivity (Wildman–Crippen MR) is 134 cm³/mol. The van der Waals surface area contributed by atoms with Crippen LogP contribution in [0.25, 0.3) is 0 Å². The van der Waals surface area contributed by atoms with E-state index in [1.54, 1.807) is 19.1 Å².